The molecule has 1 fully saturated rings. The molecule has 10 nitrogen and oxygen atoms in total. The molecule has 148 valence electrons. The van der Waals surface area contributed by atoms with Gasteiger partial charge in [0.1, 0.15) is 12.0 Å². The smallest absolute Gasteiger partial charge is 0.346 e. The van der Waals surface area contributed by atoms with Crippen molar-refractivity contribution in [3.8, 4) is 17.3 Å². The number of rotatable bonds is 4. The van der Waals surface area contributed by atoms with Gasteiger partial charge in [-0.15, -0.1) is 0 Å². The van der Waals surface area contributed by atoms with Crippen LogP contribution in [0.15, 0.2) is 31.0 Å². The summed E-state index contributed by atoms with van der Waals surface area (Å²) in [5, 5.41) is 14.7. The maximum atomic E-state index is 9.18. The van der Waals surface area contributed by atoms with E-state index in [1.807, 2.05) is 29.3 Å². The van der Waals surface area contributed by atoms with Crippen LogP contribution in [-0.2, 0) is 10.4 Å². The van der Waals surface area contributed by atoms with Crippen LogP contribution >= 0.6 is 0 Å². The molecule has 1 aliphatic carbocycles. The second-order valence-electron chi connectivity index (χ2n) is 6.59. The molecule has 0 saturated heterocycles. The van der Waals surface area contributed by atoms with Crippen molar-refractivity contribution in [2.24, 2.45) is 5.92 Å². The molecule has 1 unspecified atom stereocenters. The van der Waals surface area contributed by atoms with Gasteiger partial charge in [-0.2, -0.15) is 18.8 Å². The van der Waals surface area contributed by atoms with Crippen molar-refractivity contribution in [1.82, 2.24) is 24.7 Å². The SMILES string of the molecule is N#CCC(C1CCCC1)n1cc(-c2ncnc3[nH]ccc23)cn1.O=S(=O)(O)O. The van der Waals surface area contributed by atoms with E-state index in [0.29, 0.717) is 12.3 Å². The molecule has 3 aromatic heterocycles. The summed E-state index contributed by atoms with van der Waals surface area (Å²) in [5.74, 6) is 0.556. The summed E-state index contributed by atoms with van der Waals surface area (Å²) in [6, 6.07) is 4.47. The molecule has 0 radical (unpaired) electrons. The average molecular weight is 404 g/mol. The minimum atomic E-state index is -4.67. The molecule has 0 aromatic carbocycles. The molecule has 3 aromatic rings. The van der Waals surface area contributed by atoms with E-state index in [1.54, 1.807) is 6.33 Å². The lowest BCUT2D eigenvalue weighted by atomic mass is 9.96. The first-order valence-corrected chi connectivity index (χ1v) is 10.2. The number of nitrogens with one attached hydrogen (secondary N) is 1. The number of aromatic nitrogens is 5. The predicted molar refractivity (Wildman–Crippen MR) is 101 cm³/mol. The highest BCUT2D eigenvalue weighted by Crippen LogP contribution is 2.36. The lowest BCUT2D eigenvalue weighted by Gasteiger charge is -2.21. The minimum absolute atomic E-state index is 0.166. The number of aromatic amines is 1. The maximum absolute atomic E-state index is 9.18. The Hall–Kier alpha value is -2.81. The Labute approximate surface area is 161 Å². The molecule has 1 aliphatic rings. The van der Waals surface area contributed by atoms with Crippen molar-refractivity contribution < 1.29 is 17.5 Å². The summed E-state index contributed by atoms with van der Waals surface area (Å²) in [5.41, 5.74) is 2.68. The van der Waals surface area contributed by atoms with E-state index in [1.165, 1.54) is 25.7 Å². The van der Waals surface area contributed by atoms with Crippen LogP contribution in [0.3, 0.4) is 0 Å². The first kappa shape index (κ1) is 19.9. The van der Waals surface area contributed by atoms with Crippen LogP contribution in [0, 0.1) is 17.2 Å². The monoisotopic (exact) mass is 404 g/mol. The molecular formula is C17H20N6O4S. The Kier molecular flexibility index (Phi) is 6.03. The zero-order valence-electron chi connectivity index (χ0n) is 14.9. The summed E-state index contributed by atoms with van der Waals surface area (Å²) in [6.07, 6.45) is 12.7. The summed E-state index contributed by atoms with van der Waals surface area (Å²) in [4.78, 5) is 11.7. The van der Waals surface area contributed by atoms with E-state index in [2.05, 4.69) is 26.1 Å². The summed E-state index contributed by atoms with van der Waals surface area (Å²) >= 11 is 0. The van der Waals surface area contributed by atoms with Gasteiger partial charge in [0.25, 0.3) is 0 Å². The second kappa shape index (κ2) is 8.47. The number of nitriles is 1. The van der Waals surface area contributed by atoms with E-state index < -0.39 is 10.4 Å². The van der Waals surface area contributed by atoms with E-state index in [0.717, 1.165) is 22.3 Å². The zero-order chi connectivity index (χ0) is 20.1. The standard InChI is InChI=1S/C17H18N6.H2O4S/c18-7-5-15(12-3-1-2-4-12)23-10-13(9-22-23)16-14-6-8-19-17(14)21-11-20-16;1-5(2,3)4/h6,8-12,15H,1-5H2,(H,19,20,21);(H2,1,2,3,4). The first-order valence-electron chi connectivity index (χ1n) is 8.76. The van der Waals surface area contributed by atoms with Crippen LogP contribution in [0.4, 0.5) is 0 Å². The number of hydrogen-bond acceptors (Lipinski definition) is 6. The molecule has 1 saturated carbocycles. The highest BCUT2D eigenvalue weighted by atomic mass is 32.3. The van der Waals surface area contributed by atoms with Gasteiger partial charge in [-0.3, -0.25) is 13.8 Å². The Bertz CT molecular complexity index is 1070. The largest absolute Gasteiger partial charge is 0.394 e. The van der Waals surface area contributed by atoms with E-state index in [4.69, 9.17) is 17.5 Å². The highest BCUT2D eigenvalue weighted by molar-refractivity contribution is 7.79. The molecule has 28 heavy (non-hydrogen) atoms. The number of fused-ring (bicyclic) bond motifs is 1. The predicted octanol–water partition coefficient (Wildman–Crippen LogP) is 2.81. The van der Waals surface area contributed by atoms with Crippen molar-refractivity contribution in [3.05, 3.63) is 31.0 Å². The average Bonchev–Trinajstić information content (AvgIpc) is 3.39. The third kappa shape index (κ3) is 4.92. The summed E-state index contributed by atoms with van der Waals surface area (Å²) < 4.78 is 33.6. The van der Waals surface area contributed by atoms with Gasteiger partial charge in [-0.1, -0.05) is 12.8 Å². The van der Waals surface area contributed by atoms with Crippen LogP contribution < -0.4 is 0 Å². The fraction of sp³-hybridized carbons (Fsp3) is 0.412. The zero-order valence-corrected chi connectivity index (χ0v) is 15.7. The lowest BCUT2D eigenvalue weighted by Crippen LogP contribution is -2.17. The number of H-pyrrole nitrogens is 1. The van der Waals surface area contributed by atoms with Gasteiger partial charge < -0.3 is 4.98 Å². The van der Waals surface area contributed by atoms with Gasteiger partial charge in [0.15, 0.2) is 0 Å². The van der Waals surface area contributed by atoms with Crippen LogP contribution in [0.25, 0.3) is 22.3 Å². The topological polar surface area (TPSA) is 158 Å². The van der Waals surface area contributed by atoms with Gasteiger partial charge in [0.05, 0.1) is 30.4 Å². The molecule has 0 amide bonds. The minimum Gasteiger partial charge on any atom is -0.346 e. The van der Waals surface area contributed by atoms with Crippen LogP contribution in [-0.4, -0.2) is 42.3 Å². The molecule has 0 aliphatic heterocycles. The molecule has 1 atom stereocenters. The normalized spacial score (nSPS) is 15.8. The Morgan fingerprint density at radius 1 is 1.32 bits per heavy atom. The van der Waals surface area contributed by atoms with Gasteiger partial charge in [-0.05, 0) is 24.8 Å². The fourth-order valence-corrected chi connectivity index (χ4v) is 3.66. The molecular weight excluding hydrogens is 384 g/mol. The molecule has 11 heteroatoms. The Morgan fingerprint density at radius 3 is 2.71 bits per heavy atom. The first-order chi connectivity index (χ1) is 13.4. The number of hydrogen-bond donors (Lipinski definition) is 3. The van der Waals surface area contributed by atoms with Gasteiger partial charge >= 0.3 is 10.4 Å². The fourth-order valence-electron chi connectivity index (χ4n) is 3.66. The molecule has 0 spiro atoms. The highest BCUT2D eigenvalue weighted by Gasteiger charge is 2.27. The van der Waals surface area contributed by atoms with Crippen LogP contribution in [0.1, 0.15) is 38.1 Å². The van der Waals surface area contributed by atoms with Crippen molar-refractivity contribution in [1.29, 1.82) is 5.26 Å². The third-order valence-electron chi connectivity index (χ3n) is 4.81. The van der Waals surface area contributed by atoms with E-state index in [9.17, 15) is 5.26 Å². The molecule has 0 bridgehead atoms. The maximum Gasteiger partial charge on any atom is 0.394 e. The van der Waals surface area contributed by atoms with Gasteiger partial charge in [0.2, 0.25) is 0 Å². The second-order valence-corrected chi connectivity index (χ2v) is 7.49. The molecule has 3 heterocycles. The molecule has 4 rings (SSSR count). The lowest BCUT2D eigenvalue weighted by molar-refractivity contribution is 0.315. The van der Waals surface area contributed by atoms with Crippen LogP contribution in [0.5, 0.6) is 0 Å². The van der Waals surface area contributed by atoms with Gasteiger partial charge in [0, 0.05) is 23.3 Å². The third-order valence-corrected chi connectivity index (χ3v) is 4.81. The summed E-state index contributed by atoms with van der Waals surface area (Å²) in [6.45, 7) is 0. The van der Waals surface area contributed by atoms with Crippen molar-refractivity contribution in [3.63, 3.8) is 0 Å². The number of nitrogens with zero attached hydrogens (tertiary/aromatic N) is 5. The summed E-state index contributed by atoms with van der Waals surface area (Å²) in [7, 11) is -4.67. The van der Waals surface area contributed by atoms with Crippen LogP contribution in [0.2, 0.25) is 0 Å². The van der Waals surface area contributed by atoms with E-state index >= 15 is 0 Å². The Balaban J connectivity index is 0.000000403. The quantitative estimate of drug-likeness (QED) is 0.560. The van der Waals surface area contributed by atoms with Crippen molar-refractivity contribution in [2.75, 3.05) is 0 Å². The van der Waals surface area contributed by atoms with Gasteiger partial charge in [-0.25, -0.2) is 9.97 Å². The van der Waals surface area contributed by atoms with Crippen molar-refractivity contribution in [2.45, 2.75) is 38.1 Å². The van der Waals surface area contributed by atoms with Crippen molar-refractivity contribution >= 4 is 21.4 Å². The molecule has 3 N–H and O–H groups in total. The van der Waals surface area contributed by atoms with E-state index in [-0.39, 0.29) is 6.04 Å². The Morgan fingerprint density at radius 2 is 2.04 bits per heavy atom.